The molecule has 2 fully saturated rings. The van der Waals surface area contributed by atoms with Gasteiger partial charge in [0.25, 0.3) is 0 Å². The van der Waals surface area contributed by atoms with Gasteiger partial charge in [-0.1, -0.05) is 32.8 Å². The lowest BCUT2D eigenvalue weighted by Crippen LogP contribution is -2.26. The van der Waals surface area contributed by atoms with Crippen molar-refractivity contribution < 1.29 is 9.47 Å². The summed E-state index contributed by atoms with van der Waals surface area (Å²) in [4.78, 5) is 0. The smallest absolute Gasteiger partial charge is 0.164 e. The van der Waals surface area contributed by atoms with Crippen molar-refractivity contribution in [2.24, 2.45) is 5.92 Å². The van der Waals surface area contributed by atoms with E-state index in [1.807, 2.05) is 0 Å². The molecule has 0 saturated carbocycles. The maximum absolute atomic E-state index is 5.90. The molecular weight excluding hydrogens is 188 g/mol. The van der Waals surface area contributed by atoms with E-state index in [9.17, 15) is 0 Å². The molecule has 0 N–H and O–H groups in total. The van der Waals surface area contributed by atoms with Crippen LogP contribution in [0.3, 0.4) is 0 Å². The molecule has 2 aliphatic rings. The van der Waals surface area contributed by atoms with Crippen LogP contribution in [0.4, 0.5) is 0 Å². The minimum Gasteiger partial charge on any atom is -0.352 e. The van der Waals surface area contributed by atoms with Gasteiger partial charge in [0.15, 0.2) is 6.29 Å². The highest BCUT2D eigenvalue weighted by Crippen LogP contribution is 2.39. The summed E-state index contributed by atoms with van der Waals surface area (Å²) >= 11 is 0. The SMILES string of the molecule is C=C1C(CCCCC)O[C@H]2OCCC[C@@H]12. The highest BCUT2D eigenvalue weighted by atomic mass is 16.7. The van der Waals surface area contributed by atoms with Crippen LogP contribution in [0, 0.1) is 5.92 Å². The van der Waals surface area contributed by atoms with Crippen molar-refractivity contribution in [3.05, 3.63) is 12.2 Å². The van der Waals surface area contributed by atoms with Gasteiger partial charge < -0.3 is 9.47 Å². The van der Waals surface area contributed by atoms with Crippen LogP contribution in [0.5, 0.6) is 0 Å². The van der Waals surface area contributed by atoms with E-state index in [4.69, 9.17) is 9.47 Å². The van der Waals surface area contributed by atoms with E-state index in [1.165, 1.54) is 31.3 Å². The zero-order valence-electron chi connectivity index (χ0n) is 9.71. The predicted molar refractivity (Wildman–Crippen MR) is 60.6 cm³/mol. The van der Waals surface area contributed by atoms with Crippen LogP contribution in [0.25, 0.3) is 0 Å². The van der Waals surface area contributed by atoms with Gasteiger partial charge in [-0.25, -0.2) is 0 Å². The molecule has 0 amide bonds. The minimum absolute atomic E-state index is 0.0258. The third-order valence-corrected chi connectivity index (χ3v) is 3.53. The molecule has 0 aromatic carbocycles. The van der Waals surface area contributed by atoms with E-state index in [0.29, 0.717) is 5.92 Å². The van der Waals surface area contributed by atoms with E-state index in [1.54, 1.807) is 0 Å². The molecule has 2 rings (SSSR count). The van der Waals surface area contributed by atoms with Crippen molar-refractivity contribution in [1.29, 1.82) is 0 Å². The molecule has 2 heteroatoms. The second-order valence-corrected chi connectivity index (χ2v) is 4.68. The molecule has 1 unspecified atom stereocenters. The van der Waals surface area contributed by atoms with E-state index in [2.05, 4.69) is 13.5 Å². The third kappa shape index (κ3) is 2.43. The summed E-state index contributed by atoms with van der Waals surface area (Å²) in [7, 11) is 0. The van der Waals surface area contributed by atoms with Crippen molar-refractivity contribution in [2.45, 2.75) is 57.8 Å². The zero-order chi connectivity index (χ0) is 10.7. The predicted octanol–water partition coefficient (Wildman–Crippen LogP) is 3.27. The minimum atomic E-state index is 0.0258. The summed E-state index contributed by atoms with van der Waals surface area (Å²) in [5.74, 6) is 0.477. The van der Waals surface area contributed by atoms with E-state index >= 15 is 0 Å². The number of unbranched alkanes of at least 4 members (excludes halogenated alkanes) is 2. The van der Waals surface area contributed by atoms with Crippen LogP contribution >= 0.6 is 0 Å². The van der Waals surface area contributed by atoms with Gasteiger partial charge in [0.05, 0.1) is 6.10 Å². The van der Waals surface area contributed by atoms with Crippen LogP contribution in [-0.2, 0) is 9.47 Å². The number of rotatable bonds is 4. The second kappa shape index (κ2) is 5.13. The highest BCUT2D eigenvalue weighted by molar-refractivity contribution is 5.14. The quantitative estimate of drug-likeness (QED) is 0.523. The normalized spacial score (nSPS) is 35.5. The average Bonchev–Trinajstić information content (AvgIpc) is 2.57. The maximum Gasteiger partial charge on any atom is 0.164 e. The summed E-state index contributed by atoms with van der Waals surface area (Å²) in [6.45, 7) is 7.28. The Labute approximate surface area is 92.6 Å². The van der Waals surface area contributed by atoms with Crippen LogP contribution in [-0.4, -0.2) is 19.0 Å². The second-order valence-electron chi connectivity index (χ2n) is 4.68. The van der Waals surface area contributed by atoms with Crippen LogP contribution in [0.15, 0.2) is 12.2 Å². The Morgan fingerprint density at radius 3 is 3.00 bits per heavy atom. The van der Waals surface area contributed by atoms with Gasteiger partial charge in [-0.05, 0) is 24.8 Å². The summed E-state index contributed by atoms with van der Waals surface area (Å²) in [6, 6.07) is 0. The molecule has 0 aromatic rings. The molecule has 3 atom stereocenters. The standard InChI is InChI=1S/C13H22O2/c1-3-4-5-8-12-10(2)11-7-6-9-14-13(11)15-12/h11-13H,2-9H2,1H3/t11-,12?,13+/m0/s1. The fraction of sp³-hybridized carbons (Fsp3) is 0.846. The largest absolute Gasteiger partial charge is 0.352 e. The van der Waals surface area contributed by atoms with Gasteiger partial charge in [-0.2, -0.15) is 0 Å². The first-order chi connectivity index (χ1) is 7.33. The summed E-state index contributed by atoms with van der Waals surface area (Å²) in [5, 5.41) is 0. The maximum atomic E-state index is 5.90. The molecule has 0 bridgehead atoms. The molecule has 2 aliphatic heterocycles. The summed E-state index contributed by atoms with van der Waals surface area (Å²) in [5.41, 5.74) is 1.29. The van der Waals surface area contributed by atoms with Gasteiger partial charge in [0.2, 0.25) is 0 Å². The fourth-order valence-electron chi connectivity index (χ4n) is 2.57. The monoisotopic (exact) mass is 210 g/mol. The molecule has 0 aliphatic carbocycles. The van der Waals surface area contributed by atoms with Crippen molar-refractivity contribution >= 4 is 0 Å². The first-order valence-electron chi connectivity index (χ1n) is 6.28. The molecule has 0 aromatic heterocycles. The molecule has 0 radical (unpaired) electrons. The van der Waals surface area contributed by atoms with E-state index < -0.39 is 0 Å². The van der Waals surface area contributed by atoms with Crippen molar-refractivity contribution in [1.82, 2.24) is 0 Å². The fourth-order valence-corrected chi connectivity index (χ4v) is 2.57. The van der Waals surface area contributed by atoms with E-state index in [0.717, 1.165) is 19.4 Å². The van der Waals surface area contributed by atoms with Gasteiger partial charge >= 0.3 is 0 Å². The highest BCUT2D eigenvalue weighted by Gasteiger charge is 2.40. The molecule has 15 heavy (non-hydrogen) atoms. The summed E-state index contributed by atoms with van der Waals surface area (Å²) in [6.07, 6.45) is 7.59. The van der Waals surface area contributed by atoms with Gasteiger partial charge in [0.1, 0.15) is 0 Å². The number of ether oxygens (including phenoxy) is 2. The van der Waals surface area contributed by atoms with Crippen LogP contribution in [0.2, 0.25) is 0 Å². The molecule has 2 saturated heterocycles. The third-order valence-electron chi connectivity index (χ3n) is 3.53. The molecule has 86 valence electrons. The van der Waals surface area contributed by atoms with Crippen LogP contribution in [0.1, 0.15) is 45.4 Å². The molecular formula is C13H22O2. The van der Waals surface area contributed by atoms with Gasteiger partial charge in [0, 0.05) is 12.5 Å². The Balaban J connectivity index is 1.84. The van der Waals surface area contributed by atoms with Crippen molar-refractivity contribution in [2.75, 3.05) is 6.61 Å². The number of hydrogen-bond donors (Lipinski definition) is 0. The van der Waals surface area contributed by atoms with E-state index in [-0.39, 0.29) is 12.4 Å². The first-order valence-corrected chi connectivity index (χ1v) is 6.28. The Morgan fingerprint density at radius 1 is 1.40 bits per heavy atom. The van der Waals surface area contributed by atoms with Crippen molar-refractivity contribution in [3.8, 4) is 0 Å². The Morgan fingerprint density at radius 2 is 2.27 bits per heavy atom. The van der Waals surface area contributed by atoms with Gasteiger partial charge in [-0.3, -0.25) is 0 Å². The topological polar surface area (TPSA) is 18.5 Å². The average molecular weight is 210 g/mol. The Kier molecular flexibility index (Phi) is 3.81. The molecule has 2 nitrogen and oxygen atoms in total. The Bertz CT molecular complexity index is 225. The number of fused-ring (bicyclic) bond motifs is 1. The van der Waals surface area contributed by atoms with Crippen LogP contribution < -0.4 is 0 Å². The first kappa shape index (κ1) is 11.2. The zero-order valence-corrected chi connectivity index (χ0v) is 9.71. The molecule has 0 spiro atoms. The van der Waals surface area contributed by atoms with Gasteiger partial charge in [-0.15, -0.1) is 0 Å². The molecule has 2 heterocycles. The summed E-state index contributed by atoms with van der Waals surface area (Å²) < 4.78 is 11.5. The lowest BCUT2D eigenvalue weighted by molar-refractivity contribution is -0.167. The lowest BCUT2D eigenvalue weighted by Gasteiger charge is -2.24. The van der Waals surface area contributed by atoms with Crippen molar-refractivity contribution in [3.63, 3.8) is 0 Å². The Hall–Kier alpha value is -0.340. The lowest BCUT2D eigenvalue weighted by atomic mass is 9.91. The number of hydrogen-bond acceptors (Lipinski definition) is 2.